The number of halogens is 1. The molecule has 11 heteroatoms. The topological polar surface area (TPSA) is 92.6 Å². The molecule has 0 bridgehead atoms. The number of nitrogens with zero attached hydrogens (tertiary/aromatic N) is 3. The lowest BCUT2D eigenvalue weighted by Crippen LogP contribution is -2.31. The largest absolute Gasteiger partial charge is 0.503 e. The fourth-order valence-electron chi connectivity index (χ4n) is 3.97. The first-order chi connectivity index (χ1) is 18.5. The van der Waals surface area contributed by atoms with Crippen molar-refractivity contribution in [2.75, 3.05) is 11.5 Å². The van der Waals surface area contributed by atoms with Gasteiger partial charge in [-0.15, -0.1) is 21.5 Å². The summed E-state index contributed by atoms with van der Waals surface area (Å²) in [5.74, 6) is -1.09. The zero-order chi connectivity index (χ0) is 26.6. The molecule has 0 saturated heterocycles. The molecule has 1 N–H and O–H groups in total. The van der Waals surface area contributed by atoms with E-state index in [0.717, 1.165) is 17.8 Å². The van der Waals surface area contributed by atoms with Gasteiger partial charge in [-0.05, 0) is 47.2 Å². The van der Waals surface area contributed by atoms with Gasteiger partial charge in [0.1, 0.15) is 11.6 Å². The summed E-state index contributed by atoms with van der Waals surface area (Å²) in [6.07, 6.45) is 0.858. The third-order valence-corrected chi connectivity index (χ3v) is 8.75. The molecule has 5 rings (SSSR count). The highest BCUT2D eigenvalue weighted by molar-refractivity contribution is 8.00. The number of ketones is 1. The zero-order valence-electron chi connectivity index (χ0n) is 20.2. The first kappa shape index (κ1) is 26.1. The molecule has 0 saturated carbocycles. The maximum absolute atomic E-state index is 14.0. The lowest BCUT2D eigenvalue weighted by molar-refractivity contribution is -0.117. The second-order valence-electron chi connectivity index (χ2n) is 8.29. The highest BCUT2D eigenvalue weighted by atomic mass is 32.2. The van der Waals surface area contributed by atoms with Crippen LogP contribution >= 0.6 is 34.4 Å². The molecule has 38 heavy (non-hydrogen) atoms. The normalized spacial score (nSPS) is 15.4. The molecule has 1 unspecified atom stereocenters. The van der Waals surface area contributed by atoms with Gasteiger partial charge in [-0.3, -0.25) is 14.5 Å². The van der Waals surface area contributed by atoms with E-state index in [9.17, 15) is 19.1 Å². The number of hydrogen-bond donors (Lipinski definition) is 1. The van der Waals surface area contributed by atoms with Crippen molar-refractivity contribution in [3.8, 4) is 5.75 Å². The third kappa shape index (κ3) is 5.22. The Morgan fingerprint density at radius 2 is 1.92 bits per heavy atom. The number of carbonyl (C=O) groups is 2. The second kappa shape index (κ2) is 11.5. The second-order valence-corrected chi connectivity index (χ2v) is 11.4. The number of thiophene rings is 1. The minimum Gasteiger partial charge on any atom is -0.503 e. The van der Waals surface area contributed by atoms with Crippen LogP contribution in [0.2, 0.25) is 0 Å². The quantitative estimate of drug-likeness (QED) is 0.131. The Hall–Kier alpha value is -3.54. The minimum atomic E-state index is -0.908. The molecule has 7 nitrogen and oxygen atoms in total. The van der Waals surface area contributed by atoms with E-state index >= 15 is 0 Å². The number of amides is 1. The number of rotatable bonds is 10. The van der Waals surface area contributed by atoms with Crippen LogP contribution in [0.15, 0.2) is 81.7 Å². The van der Waals surface area contributed by atoms with Crippen LogP contribution in [0, 0.1) is 5.82 Å². The van der Waals surface area contributed by atoms with Crippen LogP contribution in [-0.4, -0.2) is 33.6 Å². The molecule has 2 aromatic carbocycles. The van der Waals surface area contributed by atoms with Crippen molar-refractivity contribution < 1.29 is 23.8 Å². The number of benzene rings is 2. The van der Waals surface area contributed by atoms with E-state index in [1.165, 1.54) is 34.1 Å². The van der Waals surface area contributed by atoms with Crippen LogP contribution in [0.25, 0.3) is 0 Å². The summed E-state index contributed by atoms with van der Waals surface area (Å²) in [4.78, 5) is 28.5. The van der Waals surface area contributed by atoms with E-state index in [0.29, 0.717) is 38.5 Å². The number of aliphatic hydroxyl groups excluding tert-OH is 1. The number of anilines is 1. The Bertz CT molecular complexity index is 1490. The number of Topliss-reactive ketones (excluding diaryl/α,β-unsaturated/α-hetero) is 1. The lowest BCUT2D eigenvalue weighted by atomic mass is 9.95. The van der Waals surface area contributed by atoms with E-state index in [2.05, 4.69) is 10.2 Å². The van der Waals surface area contributed by atoms with Gasteiger partial charge in [0.15, 0.2) is 10.1 Å². The van der Waals surface area contributed by atoms with Gasteiger partial charge in [-0.2, -0.15) is 0 Å². The molecule has 1 aliphatic rings. The van der Waals surface area contributed by atoms with Crippen LogP contribution < -0.4 is 9.64 Å². The molecule has 1 aliphatic heterocycles. The van der Waals surface area contributed by atoms with Crippen molar-refractivity contribution in [3.63, 3.8) is 0 Å². The fraction of sp³-hybridized carbons (Fsp3) is 0.185. The lowest BCUT2D eigenvalue weighted by Gasteiger charge is -2.24. The van der Waals surface area contributed by atoms with E-state index < -0.39 is 23.5 Å². The fourth-order valence-corrected chi connectivity index (χ4v) is 6.50. The summed E-state index contributed by atoms with van der Waals surface area (Å²) in [5.41, 5.74) is 1.12. The zero-order valence-corrected chi connectivity index (χ0v) is 22.6. The predicted octanol–water partition coefficient (Wildman–Crippen LogP) is 6.60. The Labute approximate surface area is 230 Å². The van der Waals surface area contributed by atoms with Crippen molar-refractivity contribution >= 4 is 51.3 Å². The van der Waals surface area contributed by atoms with Gasteiger partial charge < -0.3 is 9.84 Å². The summed E-state index contributed by atoms with van der Waals surface area (Å²) in [7, 11) is 0. The number of thioether (sulfide) groups is 1. The minimum absolute atomic E-state index is 0.0181. The van der Waals surface area contributed by atoms with Crippen molar-refractivity contribution in [1.82, 2.24) is 10.2 Å². The highest BCUT2D eigenvalue weighted by Gasteiger charge is 2.46. The SMILES string of the molecule is CCCOc1ccc(C2C(C(=O)c3cccs3)=C(O)C(=O)N2c2nnc(SCc3ccccc3F)s2)cc1. The molecule has 3 heterocycles. The molecular formula is C27H22FN3O4S3. The summed E-state index contributed by atoms with van der Waals surface area (Å²) in [6, 6.07) is 16.0. The molecule has 0 spiro atoms. The van der Waals surface area contributed by atoms with Crippen molar-refractivity contribution in [2.24, 2.45) is 0 Å². The van der Waals surface area contributed by atoms with Crippen LogP contribution in [0.3, 0.4) is 0 Å². The highest BCUT2D eigenvalue weighted by Crippen LogP contribution is 2.44. The van der Waals surface area contributed by atoms with Crippen LogP contribution in [-0.2, 0) is 10.5 Å². The Balaban J connectivity index is 1.48. The number of carbonyl (C=O) groups excluding carboxylic acids is 2. The van der Waals surface area contributed by atoms with E-state index in [1.54, 1.807) is 60.0 Å². The monoisotopic (exact) mass is 567 g/mol. The van der Waals surface area contributed by atoms with E-state index in [-0.39, 0.29) is 16.5 Å². The van der Waals surface area contributed by atoms with E-state index in [4.69, 9.17) is 4.74 Å². The number of aliphatic hydroxyl groups is 1. The van der Waals surface area contributed by atoms with Crippen LogP contribution in [0.5, 0.6) is 5.75 Å². The van der Waals surface area contributed by atoms with Gasteiger partial charge in [-0.25, -0.2) is 4.39 Å². The van der Waals surface area contributed by atoms with Gasteiger partial charge >= 0.3 is 0 Å². The van der Waals surface area contributed by atoms with Gasteiger partial charge in [0.25, 0.3) is 5.91 Å². The molecule has 0 radical (unpaired) electrons. The summed E-state index contributed by atoms with van der Waals surface area (Å²) in [6.45, 7) is 2.58. The Kier molecular flexibility index (Phi) is 7.87. The Morgan fingerprint density at radius 1 is 1.13 bits per heavy atom. The summed E-state index contributed by atoms with van der Waals surface area (Å²) < 4.78 is 20.2. The maximum Gasteiger partial charge on any atom is 0.296 e. The standard InChI is InChI=1S/C27H22FN3O4S3/c1-2-13-35-18-11-9-16(10-12-18)22-21(23(32)20-8-5-14-36-20)24(33)25(34)31(22)26-29-30-27(38-26)37-15-17-6-3-4-7-19(17)28/h3-12,14,22,33H,2,13,15H2,1H3. The maximum atomic E-state index is 14.0. The molecule has 1 atom stereocenters. The predicted molar refractivity (Wildman–Crippen MR) is 147 cm³/mol. The number of aromatic nitrogens is 2. The molecular weight excluding hydrogens is 546 g/mol. The summed E-state index contributed by atoms with van der Waals surface area (Å²) >= 11 is 3.66. The van der Waals surface area contributed by atoms with Crippen molar-refractivity contribution in [2.45, 2.75) is 29.5 Å². The molecule has 4 aromatic rings. The van der Waals surface area contributed by atoms with Gasteiger partial charge in [0.05, 0.1) is 23.1 Å². The number of hydrogen-bond acceptors (Lipinski definition) is 9. The van der Waals surface area contributed by atoms with Crippen LogP contribution in [0.4, 0.5) is 9.52 Å². The van der Waals surface area contributed by atoms with E-state index in [1.807, 2.05) is 6.92 Å². The molecule has 2 aromatic heterocycles. The van der Waals surface area contributed by atoms with Gasteiger partial charge in [0, 0.05) is 5.75 Å². The number of ether oxygens (including phenoxy) is 1. The third-order valence-electron chi connectivity index (χ3n) is 5.78. The average molecular weight is 568 g/mol. The molecule has 194 valence electrons. The molecule has 0 fully saturated rings. The first-order valence-corrected chi connectivity index (χ1v) is 14.4. The van der Waals surface area contributed by atoms with Gasteiger partial charge in [-0.1, -0.05) is 66.4 Å². The molecule has 0 aliphatic carbocycles. The molecule has 1 amide bonds. The van der Waals surface area contributed by atoms with Crippen LogP contribution in [0.1, 0.15) is 40.2 Å². The summed E-state index contributed by atoms with van der Waals surface area (Å²) in [5, 5.41) is 21.3. The smallest absolute Gasteiger partial charge is 0.296 e. The first-order valence-electron chi connectivity index (χ1n) is 11.7. The van der Waals surface area contributed by atoms with Crippen molar-refractivity contribution in [1.29, 1.82) is 0 Å². The van der Waals surface area contributed by atoms with Gasteiger partial charge in [0.2, 0.25) is 10.9 Å². The van der Waals surface area contributed by atoms with Crippen molar-refractivity contribution in [3.05, 3.63) is 99.2 Å². The Morgan fingerprint density at radius 3 is 2.63 bits per heavy atom. The average Bonchev–Trinajstić information content (AvgIpc) is 3.68.